The molecule has 4 aromatic rings. The van der Waals surface area contributed by atoms with Gasteiger partial charge in [0.2, 0.25) is 5.95 Å². The highest BCUT2D eigenvalue weighted by atomic mass is 32.2. The second-order valence-corrected chi connectivity index (χ2v) is 13.8. The number of aliphatic hydroxyl groups excluding tert-OH is 1. The van der Waals surface area contributed by atoms with Crippen LogP contribution in [0.25, 0.3) is 11.3 Å². The van der Waals surface area contributed by atoms with Gasteiger partial charge in [-0.2, -0.15) is 0 Å². The summed E-state index contributed by atoms with van der Waals surface area (Å²) < 4.78 is 39.5. The summed E-state index contributed by atoms with van der Waals surface area (Å²) in [5.74, 6) is -1.11. The molecule has 3 aromatic carbocycles. The minimum absolute atomic E-state index is 0.0389. The zero-order valence-electron chi connectivity index (χ0n) is 26.9. The topological polar surface area (TPSA) is 119 Å². The van der Waals surface area contributed by atoms with Gasteiger partial charge in [0.25, 0.3) is 10.0 Å². The van der Waals surface area contributed by atoms with Gasteiger partial charge in [0, 0.05) is 25.2 Å². The molecule has 0 aliphatic rings. The maximum atomic E-state index is 14.1. The third-order valence-corrected chi connectivity index (χ3v) is 9.44. The van der Waals surface area contributed by atoms with Crippen molar-refractivity contribution in [2.75, 3.05) is 31.9 Å². The molecule has 0 radical (unpaired) electrons. The van der Waals surface area contributed by atoms with Gasteiger partial charge >= 0.3 is 5.97 Å². The molecule has 1 aromatic heterocycles. The number of hydrogen-bond donors (Lipinski definition) is 1. The van der Waals surface area contributed by atoms with Gasteiger partial charge in [0.15, 0.2) is 0 Å². The number of aliphatic hydroxyl groups is 1. The van der Waals surface area contributed by atoms with E-state index in [1.807, 2.05) is 50.2 Å². The Balaban J connectivity index is 1.96. The largest absolute Gasteiger partial charge is 0.465 e. The lowest BCUT2D eigenvalue weighted by Gasteiger charge is -2.25. The van der Waals surface area contributed by atoms with E-state index in [2.05, 4.69) is 32.9 Å². The van der Waals surface area contributed by atoms with E-state index in [0.717, 1.165) is 26.6 Å². The number of anilines is 1. The summed E-state index contributed by atoms with van der Waals surface area (Å²) >= 11 is 0. The molecule has 1 heterocycles. The van der Waals surface area contributed by atoms with Crippen molar-refractivity contribution in [2.45, 2.75) is 57.3 Å². The summed E-state index contributed by atoms with van der Waals surface area (Å²) in [5, 5.41) is 10.1. The normalized spacial score (nSPS) is 12.5. The number of ether oxygens (including phenoxy) is 2. The highest BCUT2D eigenvalue weighted by Gasteiger charge is 2.30. The van der Waals surface area contributed by atoms with Crippen molar-refractivity contribution < 1.29 is 27.8 Å². The number of rotatable bonds is 11. The van der Waals surface area contributed by atoms with E-state index in [1.54, 1.807) is 0 Å². The molecule has 0 saturated heterocycles. The summed E-state index contributed by atoms with van der Waals surface area (Å²) in [6, 6.07) is 21.6. The molecule has 0 bridgehead atoms. The number of hydrogen-bond acceptors (Lipinski definition) is 8. The van der Waals surface area contributed by atoms with Gasteiger partial charge < -0.3 is 14.6 Å². The minimum atomic E-state index is -4.31. The van der Waals surface area contributed by atoms with Crippen molar-refractivity contribution in [2.24, 2.45) is 0 Å². The van der Waals surface area contributed by atoms with Crippen LogP contribution in [0.1, 0.15) is 71.4 Å². The molecule has 10 heteroatoms. The molecule has 1 atom stereocenters. The predicted molar refractivity (Wildman–Crippen MR) is 175 cm³/mol. The third kappa shape index (κ3) is 7.41. The fourth-order valence-electron chi connectivity index (χ4n) is 5.30. The van der Waals surface area contributed by atoms with Crippen molar-refractivity contribution in [1.82, 2.24) is 9.97 Å². The fraction of sp³-hybridized carbons (Fsp3) is 0.343. The highest BCUT2D eigenvalue weighted by Crippen LogP contribution is 2.35. The van der Waals surface area contributed by atoms with Crippen LogP contribution in [0.2, 0.25) is 0 Å². The Hall–Kier alpha value is -4.12. The van der Waals surface area contributed by atoms with Crippen LogP contribution in [0, 0.1) is 13.8 Å². The zero-order valence-corrected chi connectivity index (χ0v) is 27.7. The second kappa shape index (κ2) is 13.9. The molecule has 1 unspecified atom stereocenters. The molecule has 238 valence electrons. The van der Waals surface area contributed by atoms with Crippen LogP contribution in [-0.2, 0) is 24.9 Å². The predicted octanol–water partition coefficient (Wildman–Crippen LogP) is 6.16. The van der Waals surface area contributed by atoms with Gasteiger partial charge in [-0.05, 0) is 72.2 Å². The van der Waals surface area contributed by atoms with E-state index in [9.17, 15) is 18.3 Å². The standard InChI is InChI=1S/C35H41N3O6S/c1-23-10-8-11-24(2)32(23)31-21-30(29(18-19-39)25-14-16-27(17-15-25)35(3,4)5)36-34(37-31)38(22-43-6)45(41,42)28-13-9-12-26(20-28)33(40)44-7/h8-17,20-21,29,39H,18-19,22H2,1-7H3. The Morgan fingerprint density at radius 1 is 0.933 bits per heavy atom. The van der Waals surface area contributed by atoms with Crippen LogP contribution < -0.4 is 4.31 Å². The maximum Gasteiger partial charge on any atom is 0.337 e. The summed E-state index contributed by atoms with van der Waals surface area (Å²) in [5.41, 5.74) is 6.02. The molecule has 45 heavy (non-hydrogen) atoms. The lowest BCUT2D eigenvalue weighted by molar-refractivity contribution is 0.0600. The lowest BCUT2D eigenvalue weighted by atomic mass is 9.84. The Morgan fingerprint density at radius 3 is 2.16 bits per heavy atom. The minimum Gasteiger partial charge on any atom is -0.465 e. The quantitative estimate of drug-likeness (QED) is 0.155. The van der Waals surface area contributed by atoms with E-state index >= 15 is 0 Å². The molecular weight excluding hydrogens is 590 g/mol. The number of nitrogens with zero attached hydrogens (tertiary/aromatic N) is 3. The van der Waals surface area contributed by atoms with Gasteiger partial charge in [-0.1, -0.05) is 69.3 Å². The van der Waals surface area contributed by atoms with E-state index < -0.39 is 16.0 Å². The van der Waals surface area contributed by atoms with Crippen molar-refractivity contribution in [1.29, 1.82) is 0 Å². The average molecular weight is 632 g/mol. The number of carbonyl (C=O) groups excluding carboxylic acids is 1. The van der Waals surface area contributed by atoms with Crippen molar-refractivity contribution >= 4 is 21.9 Å². The maximum absolute atomic E-state index is 14.1. The second-order valence-electron chi connectivity index (χ2n) is 12.0. The van der Waals surface area contributed by atoms with Gasteiger partial charge in [-0.15, -0.1) is 0 Å². The first kappa shape index (κ1) is 33.8. The first-order valence-corrected chi connectivity index (χ1v) is 16.1. The summed E-state index contributed by atoms with van der Waals surface area (Å²) in [6.07, 6.45) is 0.357. The molecule has 0 aliphatic carbocycles. The molecular formula is C35H41N3O6S. The highest BCUT2D eigenvalue weighted by molar-refractivity contribution is 7.92. The van der Waals surface area contributed by atoms with Gasteiger partial charge in [0.05, 0.1) is 29.0 Å². The molecule has 0 aliphatic heterocycles. The van der Waals surface area contributed by atoms with E-state index in [-0.39, 0.29) is 41.1 Å². The van der Waals surface area contributed by atoms with Crippen LogP contribution in [0.4, 0.5) is 5.95 Å². The number of aryl methyl sites for hydroxylation is 2. The number of aromatic nitrogens is 2. The number of esters is 1. The van der Waals surface area contributed by atoms with E-state index in [1.165, 1.54) is 44.0 Å². The number of carbonyl (C=O) groups is 1. The number of methoxy groups -OCH3 is 2. The Kier molecular flexibility index (Phi) is 10.4. The Labute approximate surface area is 265 Å². The zero-order chi connectivity index (χ0) is 32.9. The van der Waals surface area contributed by atoms with Crippen LogP contribution in [-0.4, -0.2) is 57.0 Å². The van der Waals surface area contributed by atoms with Gasteiger partial charge in [-0.3, -0.25) is 0 Å². The third-order valence-electron chi connectivity index (χ3n) is 7.74. The van der Waals surface area contributed by atoms with Crippen molar-refractivity contribution in [3.8, 4) is 11.3 Å². The molecule has 0 spiro atoms. The van der Waals surface area contributed by atoms with Crippen LogP contribution in [0.5, 0.6) is 0 Å². The molecule has 0 fully saturated rings. The van der Waals surface area contributed by atoms with E-state index in [0.29, 0.717) is 17.8 Å². The molecule has 4 rings (SSSR count). The monoisotopic (exact) mass is 631 g/mol. The van der Waals surface area contributed by atoms with Crippen molar-refractivity contribution in [3.63, 3.8) is 0 Å². The smallest absolute Gasteiger partial charge is 0.337 e. The first-order chi connectivity index (χ1) is 21.3. The summed E-state index contributed by atoms with van der Waals surface area (Å²) in [4.78, 5) is 21.7. The average Bonchev–Trinajstić information content (AvgIpc) is 3.01. The lowest BCUT2D eigenvalue weighted by Crippen LogP contribution is -2.35. The molecule has 1 N–H and O–H groups in total. The molecule has 0 amide bonds. The molecule has 9 nitrogen and oxygen atoms in total. The number of benzene rings is 3. The first-order valence-electron chi connectivity index (χ1n) is 14.7. The Bertz CT molecular complexity index is 1750. The summed E-state index contributed by atoms with van der Waals surface area (Å²) in [6.45, 7) is 9.89. The van der Waals surface area contributed by atoms with Gasteiger partial charge in [0.1, 0.15) is 6.73 Å². The van der Waals surface area contributed by atoms with Gasteiger partial charge in [-0.25, -0.2) is 27.5 Å². The summed E-state index contributed by atoms with van der Waals surface area (Å²) in [7, 11) is -1.70. The Morgan fingerprint density at radius 2 is 1.58 bits per heavy atom. The van der Waals surface area contributed by atoms with Crippen LogP contribution in [0.3, 0.4) is 0 Å². The molecule has 0 saturated carbocycles. The van der Waals surface area contributed by atoms with Crippen molar-refractivity contribution in [3.05, 3.63) is 106 Å². The van der Waals surface area contributed by atoms with E-state index in [4.69, 9.17) is 19.4 Å². The van der Waals surface area contributed by atoms with Crippen LogP contribution in [0.15, 0.2) is 77.7 Å². The SMILES string of the molecule is COCN(c1nc(-c2c(C)cccc2C)cc(C(CCO)c2ccc(C(C)(C)C)cc2)n1)S(=O)(=O)c1cccc(C(=O)OC)c1. The fourth-order valence-corrected chi connectivity index (χ4v) is 6.62. The number of sulfonamides is 1. The van der Waals surface area contributed by atoms with Crippen LogP contribution >= 0.6 is 0 Å².